The van der Waals surface area contributed by atoms with Crippen molar-refractivity contribution in [1.29, 1.82) is 0 Å². The highest BCUT2D eigenvalue weighted by atomic mass is 35.5. The summed E-state index contributed by atoms with van der Waals surface area (Å²) in [6.45, 7) is 3.41. The fourth-order valence-corrected chi connectivity index (χ4v) is 5.54. The van der Waals surface area contributed by atoms with E-state index in [1.165, 1.54) is 17.1 Å². The van der Waals surface area contributed by atoms with Crippen LogP contribution in [0, 0.1) is 11.2 Å². The van der Waals surface area contributed by atoms with Crippen molar-refractivity contribution in [3.8, 4) is 0 Å². The zero-order valence-electron chi connectivity index (χ0n) is 22.7. The van der Waals surface area contributed by atoms with E-state index in [0.29, 0.717) is 5.71 Å². The van der Waals surface area contributed by atoms with Gasteiger partial charge in [0.15, 0.2) is 5.78 Å². The zero-order valence-corrected chi connectivity index (χ0v) is 23.5. The number of hydrogen-bond donors (Lipinski definition) is 4. The summed E-state index contributed by atoms with van der Waals surface area (Å²) in [5, 5.41) is 12.9. The summed E-state index contributed by atoms with van der Waals surface area (Å²) < 4.78 is 13.6. The van der Waals surface area contributed by atoms with Gasteiger partial charge < -0.3 is 21.4 Å². The van der Waals surface area contributed by atoms with Crippen LogP contribution in [0.15, 0.2) is 59.8 Å². The fourth-order valence-electron chi connectivity index (χ4n) is 5.54. The second-order valence-corrected chi connectivity index (χ2v) is 11.1. The van der Waals surface area contributed by atoms with Crippen molar-refractivity contribution in [1.82, 2.24) is 20.6 Å². The predicted octanol–water partition coefficient (Wildman–Crippen LogP) is 2.48. The Morgan fingerprint density at radius 3 is 2.62 bits per heavy atom. The smallest absolute Gasteiger partial charge is 0.254 e. The van der Waals surface area contributed by atoms with Gasteiger partial charge in [0.1, 0.15) is 5.82 Å². The monoisotopic (exact) mass is 568 g/mol. The lowest BCUT2D eigenvalue weighted by Gasteiger charge is -2.38. The molecule has 5 rings (SSSR count). The summed E-state index contributed by atoms with van der Waals surface area (Å²) >= 11 is 0. The maximum absolute atomic E-state index is 14.1. The Morgan fingerprint density at radius 2 is 1.93 bits per heavy atom. The van der Waals surface area contributed by atoms with Gasteiger partial charge in [0.25, 0.3) is 5.91 Å². The molecule has 0 bridgehead atoms. The summed E-state index contributed by atoms with van der Waals surface area (Å²) in [4.78, 5) is 43.7. The Kier molecular flexibility index (Phi) is 8.16. The third-order valence-electron chi connectivity index (χ3n) is 7.69. The first kappa shape index (κ1) is 29.4. The molecule has 0 saturated carbocycles. The number of carbonyl (C=O) groups excluding carboxylic acids is 3. The van der Waals surface area contributed by atoms with E-state index in [-0.39, 0.29) is 55.7 Å². The van der Waals surface area contributed by atoms with Gasteiger partial charge in [-0.25, -0.2) is 9.40 Å². The van der Waals surface area contributed by atoms with E-state index in [4.69, 9.17) is 5.73 Å². The van der Waals surface area contributed by atoms with Crippen LogP contribution in [0.3, 0.4) is 0 Å². The highest BCUT2D eigenvalue weighted by Gasteiger charge is 2.54. The molecule has 3 aromatic rings. The normalized spacial score (nSPS) is 21.4. The van der Waals surface area contributed by atoms with E-state index in [2.05, 4.69) is 20.7 Å². The Balaban J connectivity index is 0.00000370. The molecule has 9 nitrogen and oxygen atoms in total. The number of amides is 2. The first-order chi connectivity index (χ1) is 18.5. The van der Waals surface area contributed by atoms with Crippen LogP contribution in [-0.2, 0) is 27.2 Å². The number of benzene rings is 2. The van der Waals surface area contributed by atoms with Crippen LogP contribution in [0.1, 0.15) is 31.4 Å². The van der Waals surface area contributed by atoms with Crippen molar-refractivity contribution < 1.29 is 18.8 Å². The van der Waals surface area contributed by atoms with E-state index in [9.17, 15) is 18.8 Å². The van der Waals surface area contributed by atoms with E-state index >= 15 is 0 Å². The molecule has 2 unspecified atom stereocenters. The van der Waals surface area contributed by atoms with Crippen molar-refractivity contribution in [2.75, 3.05) is 13.6 Å². The van der Waals surface area contributed by atoms with Crippen molar-refractivity contribution >= 4 is 46.6 Å². The number of nitrogens with two attached hydrogens (primary N) is 1. The van der Waals surface area contributed by atoms with E-state index in [1.807, 2.05) is 30.5 Å². The van der Waals surface area contributed by atoms with Crippen LogP contribution >= 0.6 is 12.4 Å². The van der Waals surface area contributed by atoms with Gasteiger partial charge in [0.2, 0.25) is 5.91 Å². The van der Waals surface area contributed by atoms with Crippen LogP contribution in [0.25, 0.3) is 10.9 Å². The molecular weight excluding hydrogens is 535 g/mol. The lowest BCUT2D eigenvalue weighted by molar-refractivity contribution is -0.137. The van der Waals surface area contributed by atoms with Gasteiger partial charge in [0.05, 0.1) is 28.7 Å². The minimum atomic E-state index is -1.19. The number of Topliss-reactive ketones (excluding diaryl/α,β-unsaturated/α-hetero) is 1. The van der Waals surface area contributed by atoms with Crippen LogP contribution in [0.2, 0.25) is 0 Å². The summed E-state index contributed by atoms with van der Waals surface area (Å²) in [5.41, 5.74) is 7.05. The van der Waals surface area contributed by atoms with Gasteiger partial charge in [-0.1, -0.05) is 30.3 Å². The molecule has 3 atom stereocenters. The number of hydrazone groups is 1. The van der Waals surface area contributed by atoms with E-state index < -0.39 is 28.9 Å². The number of nitrogens with zero attached hydrogens (tertiary/aromatic N) is 2. The van der Waals surface area contributed by atoms with Gasteiger partial charge in [-0.15, -0.1) is 12.4 Å². The summed E-state index contributed by atoms with van der Waals surface area (Å²) in [7, 11) is 1.60. The number of fused-ring (bicyclic) bond motifs is 2. The molecule has 0 aliphatic carbocycles. The number of para-hydroxylation sites is 1. The Bertz CT molecular complexity index is 1460. The third-order valence-corrected chi connectivity index (χ3v) is 7.69. The predicted molar refractivity (Wildman–Crippen MR) is 154 cm³/mol. The topological polar surface area (TPSA) is 133 Å². The SMILES string of the molecule is CN1N=C2CNC(C(=O)[C@@H](Cc3c[nH]c4ccccc34)NC(=O)C(C)(C)N)CC2(Cc2ccc(F)cc2)C1=O.Cl. The fraction of sp³-hybridized carbons (Fsp3) is 0.379. The molecule has 2 aliphatic heterocycles. The molecule has 212 valence electrons. The number of aromatic amines is 1. The second-order valence-electron chi connectivity index (χ2n) is 11.1. The standard InChI is InChI=1S/C29H33FN6O3.ClH/c1-28(2,31)26(38)34-22(12-18-15-32-21-7-5-4-6-20(18)21)25(37)23-14-29(13-17-8-10-19(30)11-9-17)24(16-33-23)35-36(3)27(29)39;/h4-11,15,22-23,32-33H,12-14,16,31H2,1-3H3,(H,34,38);1H/t22-,23?,29?;/m1./s1. The molecule has 11 heteroatoms. The molecular formula is C29H34ClFN6O3. The molecule has 0 radical (unpaired) electrons. The van der Waals surface area contributed by atoms with Crippen molar-refractivity contribution in [2.45, 2.75) is 50.7 Å². The maximum atomic E-state index is 14.1. The number of piperidine rings is 1. The molecule has 1 saturated heterocycles. The molecule has 2 aliphatic rings. The maximum Gasteiger partial charge on any atom is 0.254 e. The second kappa shape index (κ2) is 11.1. The van der Waals surface area contributed by atoms with Gasteiger partial charge >= 0.3 is 0 Å². The summed E-state index contributed by atoms with van der Waals surface area (Å²) in [6, 6.07) is 12.2. The number of carbonyl (C=O) groups is 3. The third kappa shape index (κ3) is 5.52. The number of ketones is 1. The highest BCUT2D eigenvalue weighted by Crippen LogP contribution is 2.40. The Morgan fingerprint density at radius 1 is 1.23 bits per heavy atom. The Labute approximate surface area is 238 Å². The van der Waals surface area contributed by atoms with E-state index in [0.717, 1.165) is 22.0 Å². The molecule has 5 N–H and O–H groups in total. The average molecular weight is 569 g/mol. The largest absolute Gasteiger partial charge is 0.361 e. The number of nitrogens with one attached hydrogen (secondary N) is 3. The van der Waals surface area contributed by atoms with Crippen LogP contribution in [0.5, 0.6) is 0 Å². The first-order valence-electron chi connectivity index (χ1n) is 13.0. The summed E-state index contributed by atoms with van der Waals surface area (Å²) in [5.74, 6) is -1.26. The van der Waals surface area contributed by atoms with Gasteiger partial charge in [-0.2, -0.15) is 5.10 Å². The number of aromatic nitrogens is 1. The number of H-pyrrole nitrogens is 1. The molecule has 2 amide bonds. The minimum Gasteiger partial charge on any atom is -0.361 e. The number of hydrogen-bond acceptors (Lipinski definition) is 6. The van der Waals surface area contributed by atoms with Crippen LogP contribution in [-0.4, -0.2) is 64.5 Å². The van der Waals surface area contributed by atoms with Crippen molar-refractivity contribution in [3.63, 3.8) is 0 Å². The van der Waals surface area contributed by atoms with Gasteiger partial charge in [-0.05, 0) is 56.0 Å². The average Bonchev–Trinajstić information content (AvgIpc) is 3.42. The van der Waals surface area contributed by atoms with Gasteiger partial charge in [-0.3, -0.25) is 14.4 Å². The lowest BCUT2D eigenvalue weighted by atomic mass is 9.69. The van der Waals surface area contributed by atoms with Crippen molar-refractivity contribution in [2.24, 2.45) is 16.3 Å². The van der Waals surface area contributed by atoms with Crippen molar-refractivity contribution in [3.05, 3.63) is 71.7 Å². The zero-order chi connectivity index (χ0) is 27.9. The number of rotatable bonds is 8. The first-order valence-corrected chi connectivity index (χ1v) is 13.0. The molecule has 0 spiro atoms. The van der Waals surface area contributed by atoms with Gasteiger partial charge in [0, 0.05) is 37.1 Å². The molecule has 2 aromatic carbocycles. The molecule has 3 heterocycles. The van der Waals surface area contributed by atoms with E-state index in [1.54, 1.807) is 33.0 Å². The molecule has 40 heavy (non-hydrogen) atoms. The van der Waals surface area contributed by atoms with Crippen LogP contribution < -0.4 is 16.4 Å². The number of halogens is 2. The quantitative estimate of drug-likeness (QED) is 0.331. The highest BCUT2D eigenvalue weighted by molar-refractivity contribution is 6.14. The molecule has 1 fully saturated rings. The Hall–Kier alpha value is -3.60. The van der Waals surface area contributed by atoms with Crippen LogP contribution in [0.4, 0.5) is 4.39 Å². The summed E-state index contributed by atoms with van der Waals surface area (Å²) in [6.07, 6.45) is 2.55. The lowest BCUT2D eigenvalue weighted by Crippen LogP contribution is -2.61. The molecule has 1 aromatic heterocycles. The minimum absolute atomic E-state index is 0.